The highest BCUT2D eigenvalue weighted by atomic mass is 35.5. The van der Waals surface area contributed by atoms with Crippen molar-refractivity contribution in [3.8, 4) is 16.9 Å². The molecule has 4 heteroatoms. The van der Waals surface area contributed by atoms with Crippen molar-refractivity contribution in [1.29, 1.82) is 0 Å². The molecule has 0 radical (unpaired) electrons. The van der Waals surface area contributed by atoms with Gasteiger partial charge in [-0.3, -0.25) is 0 Å². The van der Waals surface area contributed by atoms with Gasteiger partial charge in [0, 0.05) is 11.3 Å². The van der Waals surface area contributed by atoms with Crippen molar-refractivity contribution in [3.05, 3.63) is 41.0 Å². The molecule has 2 aromatic rings. The summed E-state index contributed by atoms with van der Waals surface area (Å²) in [6, 6.07) is 9.36. The Hall–Kier alpha value is -1.74. The third kappa shape index (κ3) is 2.34. The summed E-state index contributed by atoms with van der Waals surface area (Å²) in [5.41, 5.74) is 8.55. The number of ether oxygens (including phenoxy) is 1. The van der Waals surface area contributed by atoms with Gasteiger partial charge in [-0.25, -0.2) is 4.98 Å². The molecule has 0 bridgehead atoms. The number of nitrogen functional groups attached to an aromatic ring is 1. The van der Waals surface area contributed by atoms with E-state index in [-0.39, 0.29) is 0 Å². The van der Waals surface area contributed by atoms with Gasteiger partial charge in [-0.15, -0.1) is 0 Å². The standard InChI is InChI=1S/C13H13ClN2O/c1-8-10(4-6-13(15)16-8)9-3-5-11(14)12(7-9)17-2/h3-7H,1-2H3,(H2,15,16). The lowest BCUT2D eigenvalue weighted by Crippen LogP contribution is -1.94. The van der Waals surface area contributed by atoms with Crippen molar-refractivity contribution in [1.82, 2.24) is 4.98 Å². The Morgan fingerprint density at radius 1 is 1.24 bits per heavy atom. The number of hydrogen-bond acceptors (Lipinski definition) is 3. The van der Waals surface area contributed by atoms with E-state index in [0.29, 0.717) is 16.6 Å². The second-order valence-corrected chi connectivity index (χ2v) is 4.13. The van der Waals surface area contributed by atoms with Crippen molar-refractivity contribution in [2.24, 2.45) is 0 Å². The predicted octanol–water partition coefficient (Wildman–Crippen LogP) is 3.30. The molecule has 1 heterocycles. The van der Waals surface area contributed by atoms with Crippen LogP contribution in [0.4, 0.5) is 5.82 Å². The van der Waals surface area contributed by atoms with E-state index in [1.165, 1.54) is 0 Å². The molecule has 0 spiro atoms. The molecule has 88 valence electrons. The third-order valence-corrected chi connectivity index (χ3v) is 2.88. The topological polar surface area (TPSA) is 48.1 Å². The van der Waals surface area contributed by atoms with E-state index in [1.807, 2.05) is 31.2 Å². The lowest BCUT2D eigenvalue weighted by molar-refractivity contribution is 0.415. The molecule has 0 fully saturated rings. The van der Waals surface area contributed by atoms with Crippen LogP contribution in [0.5, 0.6) is 5.75 Å². The summed E-state index contributed by atoms with van der Waals surface area (Å²) in [6.45, 7) is 1.92. The summed E-state index contributed by atoms with van der Waals surface area (Å²) >= 11 is 5.99. The molecule has 2 rings (SSSR count). The lowest BCUT2D eigenvalue weighted by Gasteiger charge is -2.09. The second-order valence-electron chi connectivity index (χ2n) is 3.72. The highest BCUT2D eigenvalue weighted by Gasteiger charge is 2.07. The minimum absolute atomic E-state index is 0.521. The number of nitrogens with two attached hydrogens (primary N) is 1. The molecule has 1 aromatic carbocycles. The summed E-state index contributed by atoms with van der Waals surface area (Å²) < 4.78 is 5.19. The minimum Gasteiger partial charge on any atom is -0.495 e. The maximum absolute atomic E-state index is 5.99. The van der Waals surface area contributed by atoms with Crippen LogP contribution in [0.25, 0.3) is 11.1 Å². The largest absolute Gasteiger partial charge is 0.495 e. The van der Waals surface area contributed by atoms with Crippen molar-refractivity contribution in [2.75, 3.05) is 12.8 Å². The van der Waals surface area contributed by atoms with Gasteiger partial charge in [-0.1, -0.05) is 17.7 Å². The maximum Gasteiger partial charge on any atom is 0.138 e. The van der Waals surface area contributed by atoms with E-state index < -0.39 is 0 Å². The van der Waals surface area contributed by atoms with Crippen LogP contribution in [0.2, 0.25) is 5.02 Å². The number of aromatic nitrogens is 1. The van der Waals surface area contributed by atoms with Crippen molar-refractivity contribution in [3.63, 3.8) is 0 Å². The van der Waals surface area contributed by atoms with Gasteiger partial charge in [-0.05, 0) is 36.8 Å². The number of anilines is 1. The number of aryl methyl sites for hydroxylation is 1. The zero-order valence-electron chi connectivity index (χ0n) is 9.70. The molecule has 0 saturated heterocycles. The highest BCUT2D eigenvalue weighted by Crippen LogP contribution is 2.31. The molecule has 17 heavy (non-hydrogen) atoms. The monoisotopic (exact) mass is 248 g/mol. The smallest absolute Gasteiger partial charge is 0.138 e. The van der Waals surface area contributed by atoms with E-state index in [4.69, 9.17) is 22.1 Å². The Morgan fingerprint density at radius 2 is 2.00 bits per heavy atom. The Kier molecular flexibility index (Phi) is 3.20. The number of hydrogen-bond donors (Lipinski definition) is 1. The molecule has 2 N–H and O–H groups in total. The average molecular weight is 249 g/mol. The molecule has 0 atom stereocenters. The van der Waals surface area contributed by atoms with Gasteiger partial charge < -0.3 is 10.5 Å². The van der Waals surface area contributed by atoms with Crippen LogP contribution in [0.15, 0.2) is 30.3 Å². The summed E-state index contributed by atoms with van der Waals surface area (Å²) in [7, 11) is 1.60. The number of rotatable bonds is 2. The van der Waals surface area contributed by atoms with Gasteiger partial charge in [0.05, 0.1) is 12.1 Å². The van der Waals surface area contributed by atoms with Crippen LogP contribution >= 0.6 is 11.6 Å². The number of benzene rings is 1. The summed E-state index contributed by atoms with van der Waals surface area (Å²) in [5, 5.41) is 0.595. The normalized spacial score (nSPS) is 10.3. The van der Waals surface area contributed by atoms with Crippen molar-refractivity contribution >= 4 is 17.4 Å². The number of nitrogens with zero attached hydrogens (tertiary/aromatic N) is 1. The first-order valence-corrected chi connectivity index (χ1v) is 5.56. The summed E-state index contributed by atoms with van der Waals surface area (Å²) in [5.74, 6) is 1.17. The van der Waals surface area contributed by atoms with Crippen LogP contribution in [-0.4, -0.2) is 12.1 Å². The SMILES string of the molecule is COc1cc(-c2ccc(N)nc2C)ccc1Cl. The minimum atomic E-state index is 0.521. The first-order valence-electron chi connectivity index (χ1n) is 5.19. The van der Waals surface area contributed by atoms with Crippen molar-refractivity contribution < 1.29 is 4.74 Å². The van der Waals surface area contributed by atoms with Crippen LogP contribution < -0.4 is 10.5 Å². The lowest BCUT2D eigenvalue weighted by atomic mass is 10.0. The first-order chi connectivity index (χ1) is 8.11. The summed E-state index contributed by atoms with van der Waals surface area (Å²) in [6.07, 6.45) is 0. The van der Waals surface area contributed by atoms with E-state index >= 15 is 0 Å². The molecule has 0 aliphatic carbocycles. The third-order valence-electron chi connectivity index (χ3n) is 2.57. The zero-order valence-corrected chi connectivity index (χ0v) is 10.5. The maximum atomic E-state index is 5.99. The molecular weight excluding hydrogens is 236 g/mol. The molecular formula is C13H13ClN2O. The van der Waals surface area contributed by atoms with Crippen LogP contribution in [-0.2, 0) is 0 Å². The number of halogens is 1. The number of pyridine rings is 1. The fourth-order valence-electron chi connectivity index (χ4n) is 1.71. The molecule has 3 nitrogen and oxygen atoms in total. The van der Waals surface area contributed by atoms with Crippen LogP contribution in [0.3, 0.4) is 0 Å². The Bertz CT molecular complexity index is 555. The fourth-order valence-corrected chi connectivity index (χ4v) is 1.91. The van der Waals surface area contributed by atoms with Crippen LogP contribution in [0.1, 0.15) is 5.69 Å². The van der Waals surface area contributed by atoms with Gasteiger partial charge in [-0.2, -0.15) is 0 Å². The van der Waals surface area contributed by atoms with E-state index in [1.54, 1.807) is 13.2 Å². The van der Waals surface area contributed by atoms with Crippen molar-refractivity contribution in [2.45, 2.75) is 6.92 Å². The Balaban J connectivity index is 2.53. The summed E-state index contributed by atoms with van der Waals surface area (Å²) in [4.78, 5) is 4.23. The predicted molar refractivity (Wildman–Crippen MR) is 70.4 cm³/mol. The van der Waals surface area contributed by atoms with Gasteiger partial charge >= 0.3 is 0 Å². The van der Waals surface area contributed by atoms with Crippen LogP contribution in [0, 0.1) is 6.92 Å². The second kappa shape index (κ2) is 4.63. The van der Waals surface area contributed by atoms with Gasteiger partial charge in [0.15, 0.2) is 0 Å². The molecule has 0 aliphatic rings. The first kappa shape index (κ1) is 11.7. The van der Waals surface area contributed by atoms with Gasteiger partial charge in [0.1, 0.15) is 11.6 Å². The van der Waals surface area contributed by atoms with Gasteiger partial charge in [0.25, 0.3) is 0 Å². The molecule has 0 amide bonds. The quantitative estimate of drug-likeness (QED) is 0.887. The molecule has 0 saturated carbocycles. The van der Waals surface area contributed by atoms with E-state index in [9.17, 15) is 0 Å². The molecule has 0 aliphatic heterocycles. The average Bonchev–Trinajstić information content (AvgIpc) is 2.30. The van der Waals surface area contributed by atoms with E-state index in [0.717, 1.165) is 16.8 Å². The highest BCUT2D eigenvalue weighted by molar-refractivity contribution is 6.32. The zero-order chi connectivity index (χ0) is 12.4. The Morgan fingerprint density at radius 3 is 2.65 bits per heavy atom. The number of methoxy groups -OCH3 is 1. The van der Waals surface area contributed by atoms with Gasteiger partial charge in [0.2, 0.25) is 0 Å². The van der Waals surface area contributed by atoms with E-state index in [2.05, 4.69) is 4.98 Å². The molecule has 0 unspecified atom stereocenters. The Labute approximate surface area is 105 Å². The molecule has 1 aromatic heterocycles. The fraction of sp³-hybridized carbons (Fsp3) is 0.154.